The van der Waals surface area contributed by atoms with Crippen LogP contribution in [0.5, 0.6) is 0 Å². The Kier molecular flexibility index (Phi) is 5.90. The molecule has 0 unspecified atom stereocenters. The summed E-state index contributed by atoms with van der Waals surface area (Å²) in [6, 6.07) is 4.61. The summed E-state index contributed by atoms with van der Waals surface area (Å²) < 4.78 is 2.01. The fraction of sp³-hybridized carbons (Fsp3) is 0.571. The van der Waals surface area contributed by atoms with Gasteiger partial charge in [-0.15, -0.1) is 0 Å². The van der Waals surface area contributed by atoms with Crippen LogP contribution in [0.4, 0.5) is 10.6 Å². The molecule has 2 aliphatic rings. The molecule has 1 aliphatic heterocycles. The molecular weight excluding hydrogens is 352 g/mol. The van der Waals surface area contributed by atoms with Gasteiger partial charge < -0.3 is 5.32 Å². The van der Waals surface area contributed by atoms with Gasteiger partial charge in [0, 0.05) is 43.6 Å². The van der Waals surface area contributed by atoms with E-state index in [9.17, 15) is 4.79 Å². The molecule has 0 spiro atoms. The number of nitrogens with one attached hydrogen (secondary N) is 2. The predicted octanol–water partition coefficient (Wildman–Crippen LogP) is 3.49. The van der Waals surface area contributed by atoms with Crippen LogP contribution < -0.4 is 10.6 Å². The Morgan fingerprint density at radius 3 is 2.68 bits per heavy atom. The van der Waals surface area contributed by atoms with E-state index in [1.165, 1.54) is 18.4 Å². The number of aromatic nitrogens is 3. The number of hydrogen-bond donors (Lipinski definition) is 2. The second-order valence-electron chi connectivity index (χ2n) is 8.07. The molecule has 2 N–H and O–H groups in total. The lowest BCUT2D eigenvalue weighted by atomic mass is 10.0. The van der Waals surface area contributed by atoms with E-state index in [0.717, 1.165) is 56.7 Å². The fourth-order valence-electron chi connectivity index (χ4n) is 4.34. The third-order valence-corrected chi connectivity index (χ3v) is 5.93. The first kappa shape index (κ1) is 18.9. The van der Waals surface area contributed by atoms with Crippen molar-refractivity contribution in [1.82, 2.24) is 25.0 Å². The molecule has 1 saturated heterocycles. The number of piperidine rings is 1. The van der Waals surface area contributed by atoms with Crippen molar-refractivity contribution in [1.29, 1.82) is 0 Å². The average molecular weight is 383 g/mol. The molecule has 0 atom stereocenters. The summed E-state index contributed by atoms with van der Waals surface area (Å²) in [6.45, 7) is 4.90. The van der Waals surface area contributed by atoms with E-state index in [0.29, 0.717) is 6.04 Å². The zero-order valence-corrected chi connectivity index (χ0v) is 16.6. The van der Waals surface area contributed by atoms with E-state index in [4.69, 9.17) is 0 Å². The summed E-state index contributed by atoms with van der Waals surface area (Å²) in [4.78, 5) is 19.2. The van der Waals surface area contributed by atoms with Gasteiger partial charge in [0.2, 0.25) is 0 Å². The first-order valence-electron chi connectivity index (χ1n) is 10.4. The monoisotopic (exact) mass is 382 g/mol. The molecule has 0 bridgehead atoms. The number of carbonyl (C=O) groups is 1. The molecule has 3 heterocycles. The van der Waals surface area contributed by atoms with E-state index >= 15 is 0 Å². The van der Waals surface area contributed by atoms with Crippen molar-refractivity contribution in [3.8, 4) is 0 Å². The summed E-state index contributed by atoms with van der Waals surface area (Å²) in [5.41, 5.74) is 2.26. The first-order chi connectivity index (χ1) is 13.7. The Hall–Kier alpha value is -2.41. The molecule has 150 valence electrons. The number of rotatable bonds is 5. The molecular formula is C21H30N6O. The number of urea groups is 1. The summed E-state index contributed by atoms with van der Waals surface area (Å²) in [5, 5.41) is 10.7. The van der Waals surface area contributed by atoms with Crippen molar-refractivity contribution < 1.29 is 4.79 Å². The van der Waals surface area contributed by atoms with Gasteiger partial charge >= 0.3 is 6.03 Å². The lowest BCUT2D eigenvalue weighted by molar-refractivity contribution is 0.189. The van der Waals surface area contributed by atoms with Crippen molar-refractivity contribution in [2.45, 2.75) is 64.1 Å². The number of anilines is 1. The lowest BCUT2D eigenvalue weighted by Crippen LogP contribution is -2.45. The Bertz CT molecular complexity index is 775. The molecule has 7 heteroatoms. The second kappa shape index (κ2) is 8.73. The maximum atomic E-state index is 12.6. The number of nitrogens with zero attached hydrogens (tertiary/aromatic N) is 4. The van der Waals surface area contributed by atoms with Gasteiger partial charge in [-0.3, -0.25) is 15.2 Å². The standard InChI is InChI=1S/C21H30N6O/c1-16-13-23-27(19-6-2-3-7-19)20(16)25-21(28)24-18-8-11-26(12-9-18)15-17-5-4-10-22-14-17/h4-5,10,13-14,18-19H,2-3,6-9,11-12,15H2,1H3,(H2,24,25,28). The molecule has 1 saturated carbocycles. The summed E-state index contributed by atoms with van der Waals surface area (Å²) in [6.07, 6.45) is 12.3. The van der Waals surface area contributed by atoms with E-state index in [-0.39, 0.29) is 12.1 Å². The molecule has 0 radical (unpaired) electrons. The van der Waals surface area contributed by atoms with Crippen LogP contribution in [0.1, 0.15) is 55.7 Å². The molecule has 2 aromatic rings. The van der Waals surface area contributed by atoms with Crippen LogP contribution in [0, 0.1) is 6.92 Å². The van der Waals surface area contributed by atoms with Crippen LogP contribution in [-0.2, 0) is 6.54 Å². The van der Waals surface area contributed by atoms with E-state index in [1.807, 2.05) is 30.1 Å². The number of pyridine rings is 1. The third kappa shape index (κ3) is 4.52. The molecule has 0 aromatic carbocycles. The zero-order chi connectivity index (χ0) is 19.3. The number of amides is 2. The topological polar surface area (TPSA) is 75.1 Å². The Labute approximate surface area is 166 Å². The normalized spacial score (nSPS) is 19.0. The molecule has 2 amide bonds. The predicted molar refractivity (Wildman–Crippen MR) is 109 cm³/mol. The van der Waals surface area contributed by atoms with Crippen molar-refractivity contribution in [2.75, 3.05) is 18.4 Å². The maximum absolute atomic E-state index is 12.6. The summed E-state index contributed by atoms with van der Waals surface area (Å²) in [7, 11) is 0. The second-order valence-corrected chi connectivity index (χ2v) is 8.07. The molecule has 7 nitrogen and oxygen atoms in total. The maximum Gasteiger partial charge on any atom is 0.320 e. The minimum Gasteiger partial charge on any atom is -0.335 e. The van der Waals surface area contributed by atoms with Crippen LogP contribution in [0.15, 0.2) is 30.7 Å². The van der Waals surface area contributed by atoms with Gasteiger partial charge in [-0.25, -0.2) is 9.48 Å². The molecule has 2 fully saturated rings. The largest absolute Gasteiger partial charge is 0.335 e. The van der Waals surface area contributed by atoms with Crippen molar-refractivity contribution in [2.24, 2.45) is 0 Å². The van der Waals surface area contributed by atoms with E-state index in [1.54, 1.807) is 6.20 Å². The number of carbonyl (C=O) groups excluding carboxylic acids is 1. The van der Waals surface area contributed by atoms with Gasteiger partial charge in [-0.05, 0) is 44.2 Å². The van der Waals surface area contributed by atoms with Crippen molar-refractivity contribution in [3.63, 3.8) is 0 Å². The van der Waals surface area contributed by atoms with Gasteiger partial charge in [-0.2, -0.15) is 5.10 Å². The molecule has 2 aromatic heterocycles. The molecule has 4 rings (SSSR count). The van der Waals surface area contributed by atoms with Crippen LogP contribution in [0.25, 0.3) is 0 Å². The third-order valence-electron chi connectivity index (χ3n) is 5.93. The van der Waals surface area contributed by atoms with Crippen LogP contribution in [0.2, 0.25) is 0 Å². The summed E-state index contributed by atoms with van der Waals surface area (Å²) >= 11 is 0. The highest BCUT2D eigenvalue weighted by atomic mass is 16.2. The quantitative estimate of drug-likeness (QED) is 0.830. The van der Waals surface area contributed by atoms with Crippen LogP contribution in [-0.4, -0.2) is 44.8 Å². The fourth-order valence-corrected chi connectivity index (χ4v) is 4.34. The molecule has 1 aliphatic carbocycles. The van der Waals surface area contributed by atoms with Crippen LogP contribution >= 0.6 is 0 Å². The van der Waals surface area contributed by atoms with Gasteiger partial charge in [-0.1, -0.05) is 18.9 Å². The van der Waals surface area contributed by atoms with E-state index < -0.39 is 0 Å². The highest BCUT2D eigenvalue weighted by Crippen LogP contribution is 2.32. The first-order valence-corrected chi connectivity index (χ1v) is 10.4. The van der Waals surface area contributed by atoms with Crippen molar-refractivity contribution in [3.05, 3.63) is 41.9 Å². The van der Waals surface area contributed by atoms with Crippen molar-refractivity contribution >= 4 is 11.8 Å². The average Bonchev–Trinajstić information content (AvgIpc) is 3.35. The number of hydrogen-bond acceptors (Lipinski definition) is 4. The van der Waals surface area contributed by atoms with Gasteiger partial charge in [0.25, 0.3) is 0 Å². The SMILES string of the molecule is Cc1cnn(C2CCCC2)c1NC(=O)NC1CCN(Cc2cccnc2)CC1. The highest BCUT2D eigenvalue weighted by Gasteiger charge is 2.24. The number of likely N-dealkylation sites (tertiary alicyclic amines) is 1. The zero-order valence-electron chi connectivity index (χ0n) is 16.6. The highest BCUT2D eigenvalue weighted by molar-refractivity contribution is 5.89. The van der Waals surface area contributed by atoms with Gasteiger partial charge in [0.1, 0.15) is 5.82 Å². The minimum atomic E-state index is -0.117. The Morgan fingerprint density at radius 1 is 1.18 bits per heavy atom. The smallest absolute Gasteiger partial charge is 0.320 e. The minimum absolute atomic E-state index is 0.117. The Balaban J connectivity index is 1.27. The van der Waals surface area contributed by atoms with Gasteiger partial charge in [0.05, 0.1) is 12.2 Å². The van der Waals surface area contributed by atoms with E-state index in [2.05, 4.69) is 31.7 Å². The van der Waals surface area contributed by atoms with Crippen LogP contribution in [0.3, 0.4) is 0 Å². The molecule has 28 heavy (non-hydrogen) atoms. The lowest BCUT2D eigenvalue weighted by Gasteiger charge is -2.32. The summed E-state index contributed by atoms with van der Waals surface area (Å²) in [5.74, 6) is 0.846. The van der Waals surface area contributed by atoms with Gasteiger partial charge in [0.15, 0.2) is 0 Å². The number of aryl methyl sites for hydroxylation is 1. The Morgan fingerprint density at radius 2 is 1.96 bits per heavy atom.